The van der Waals surface area contributed by atoms with E-state index in [1.54, 1.807) is 4.31 Å². The Labute approximate surface area is 85.9 Å². The maximum Gasteiger partial charge on any atom is 0.279 e. The monoisotopic (exact) mass is 218 g/mol. The van der Waals surface area contributed by atoms with Gasteiger partial charge in [0.15, 0.2) is 0 Å². The number of hydrogen-bond acceptors (Lipinski definition) is 2. The van der Waals surface area contributed by atoms with Gasteiger partial charge in [0.1, 0.15) is 0 Å². The normalized spacial score (nSPS) is 26.0. The Bertz CT molecular complexity index is 277. The summed E-state index contributed by atoms with van der Waals surface area (Å²) >= 11 is 0. The van der Waals surface area contributed by atoms with Gasteiger partial charge in [0.25, 0.3) is 10.2 Å². The van der Waals surface area contributed by atoms with Crippen molar-refractivity contribution in [2.75, 3.05) is 13.1 Å². The summed E-state index contributed by atoms with van der Waals surface area (Å²) in [5.41, 5.74) is 0. The van der Waals surface area contributed by atoms with E-state index < -0.39 is 10.2 Å². The van der Waals surface area contributed by atoms with Crippen molar-refractivity contribution in [3.05, 3.63) is 0 Å². The third-order valence-electron chi connectivity index (χ3n) is 2.80. The minimum absolute atomic E-state index is 0.225. The fraction of sp³-hybridized carbons (Fsp3) is 1.00. The SMILES string of the molecule is O=S(=O)(NC1CC1)N1CCCCCC1. The van der Waals surface area contributed by atoms with E-state index in [4.69, 9.17) is 0 Å². The molecule has 1 heterocycles. The van der Waals surface area contributed by atoms with Crippen LogP contribution in [0.2, 0.25) is 0 Å². The lowest BCUT2D eigenvalue weighted by atomic mass is 10.2. The van der Waals surface area contributed by atoms with Gasteiger partial charge in [0.2, 0.25) is 0 Å². The van der Waals surface area contributed by atoms with Crippen LogP contribution in [0.3, 0.4) is 0 Å². The van der Waals surface area contributed by atoms with Crippen molar-refractivity contribution in [1.29, 1.82) is 0 Å². The summed E-state index contributed by atoms with van der Waals surface area (Å²) in [6.07, 6.45) is 6.35. The molecule has 1 N–H and O–H groups in total. The minimum atomic E-state index is -3.16. The molecular weight excluding hydrogens is 200 g/mol. The second kappa shape index (κ2) is 4.16. The second-order valence-electron chi connectivity index (χ2n) is 4.21. The van der Waals surface area contributed by atoms with Gasteiger partial charge in [-0.15, -0.1) is 0 Å². The highest BCUT2D eigenvalue weighted by molar-refractivity contribution is 7.87. The Morgan fingerprint density at radius 1 is 1.00 bits per heavy atom. The molecule has 1 aliphatic carbocycles. The van der Waals surface area contributed by atoms with E-state index in [0.717, 1.165) is 38.5 Å². The first kappa shape index (κ1) is 10.4. The standard InChI is InChI=1S/C9H18N2O2S/c12-14(13,10-9-5-6-9)11-7-3-1-2-4-8-11/h9-10H,1-8H2. The zero-order valence-corrected chi connectivity index (χ0v) is 9.22. The van der Waals surface area contributed by atoms with E-state index in [0.29, 0.717) is 13.1 Å². The molecule has 5 heteroatoms. The Hall–Kier alpha value is -0.130. The molecule has 0 aromatic rings. The number of hydrogen-bond donors (Lipinski definition) is 1. The van der Waals surface area contributed by atoms with Gasteiger partial charge in [0, 0.05) is 19.1 Å². The molecule has 2 rings (SSSR count). The van der Waals surface area contributed by atoms with Gasteiger partial charge in [-0.05, 0) is 25.7 Å². The van der Waals surface area contributed by atoms with Gasteiger partial charge in [-0.3, -0.25) is 0 Å². The van der Waals surface area contributed by atoms with Crippen molar-refractivity contribution >= 4 is 10.2 Å². The molecule has 0 atom stereocenters. The lowest BCUT2D eigenvalue weighted by Crippen LogP contribution is -2.42. The van der Waals surface area contributed by atoms with E-state index >= 15 is 0 Å². The third kappa shape index (κ3) is 2.68. The quantitative estimate of drug-likeness (QED) is 0.764. The molecule has 0 spiro atoms. The van der Waals surface area contributed by atoms with Crippen LogP contribution in [0.25, 0.3) is 0 Å². The summed E-state index contributed by atoms with van der Waals surface area (Å²) in [4.78, 5) is 0. The Kier molecular flexibility index (Phi) is 3.09. The molecule has 0 unspecified atom stereocenters. The number of nitrogens with zero attached hydrogens (tertiary/aromatic N) is 1. The number of nitrogens with one attached hydrogen (secondary N) is 1. The summed E-state index contributed by atoms with van der Waals surface area (Å²) in [6.45, 7) is 1.39. The van der Waals surface area contributed by atoms with Gasteiger partial charge in [-0.1, -0.05) is 12.8 Å². The molecule has 0 bridgehead atoms. The summed E-state index contributed by atoms with van der Waals surface area (Å²) in [5.74, 6) is 0. The predicted molar refractivity (Wildman–Crippen MR) is 55.1 cm³/mol. The largest absolute Gasteiger partial charge is 0.279 e. The topological polar surface area (TPSA) is 49.4 Å². The first-order valence-corrected chi connectivity index (χ1v) is 6.90. The molecule has 14 heavy (non-hydrogen) atoms. The molecule has 0 aromatic carbocycles. The van der Waals surface area contributed by atoms with Gasteiger partial charge in [-0.25, -0.2) is 0 Å². The van der Waals surface area contributed by atoms with Crippen LogP contribution in [0.1, 0.15) is 38.5 Å². The highest BCUT2D eigenvalue weighted by Gasteiger charge is 2.30. The molecule has 1 aliphatic heterocycles. The first-order valence-electron chi connectivity index (χ1n) is 5.46. The average molecular weight is 218 g/mol. The number of rotatable bonds is 3. The Balaban J connectivity index is 1.95. The van der Waals surface area contributed by atoms with Crippen LogP contribution >= 0.6 is 0 Å². The minimum Gasteiger partial charge on any atom is -0.199 e. The van der Waals surface area contributed by atoms with Crippen LogP contribution in [0.4, 0.5) is 0 Å². The van der Waals surface area contributed by atoms with Gasteiger partial charge >= 0.3 is 0 Å². The molecule has 1 saturated heterocycles. The van der Waals surface area contributed by atoms with Gasteiger partial charge in [0.05, 0.1) is 0 Å². The fourth-order valence-corrected chi connectivity index (χ4v) is 3.31. The summed E-state index contributed by atoms with van der Waals surface area (Å²) in [7, 11) is -3.16. The van der Waals surface area contributed by atoms with E-state index in [1.807, 2.05) is 0 Å². The molecule has 1 saturated carbocycles. The molecule has 0 radical (unpaired) electrons. The first-order chi connectivity index (χ1) is 6.68. The van der Waals surface area contributed by atoms with Crippen LogP contribution in [-0.2, 0) is 10.2 Å². The maximum absolute atomic E-state index is 11.8. The van der Waals surface area contributed by atoms with E-state index in [2.05, 4.69) is 4.72 Å². The van der Waals surface area contributed by atoms with Crippen molar-refractivity contribution in [3.63, 3.8) is 0 Å². The maximum atomic E-state index is 11.8. The van der Waals surface area contributed by atoms with E-state index in [9.17, 15) is 8.42 Å². The zero-order valence-electron chi connectivity index (χ0n) is 8.41. The molecule has 0 amide bonds. The Morgan fingerprint density at radius 3 is 2.07 bits per heavy atom. The molecular formula is C9H18N2O2S. The fourth-order valence-electron chi connectivity index (χ4n) is 1.77. The smallest absolute Gasteiger partial charge is 0.199 e. The molecule has 4 nitrogen and oxygen atoms in total. The van der Waals surface area contributed by atoms with Crippen LogP contribution in [0.15, 0.2) is 0 Å². The van der Waals surface area contributed by atoms with Crippen LogP contribution in [0.5, 0.6) is 0 Å². The van der Waals surface area contributed by atoms with Crippen LogP contribution in [0, 0.1) is 0 Å². The highest BCUT2D eigenvalue weighted by atomic mass is 32.2. The van der Waals surface area contributed by atoms with Gasteiger partial charge in [-0.2, -0.15) is 17.4 Å². The van der Waals surface area contributed by atoms with Crippen molar-refractivity contribution in [2.24, 2.45) is 0 Å². The highest BCUT2D eigenvalue weighted by Crippen LogP contribution is 2.21. The van der Waals surface area contributed by atoms with Crippen LogP contribution < -0.4 is 4.72 Å². The summed E-state index contributed by atoms with van der Waals surface area (Å²) in [5, 5.41) is 0. The Morgan fingerprint density at radius 2 is 1.57 bits per heavy atom. The van der Waals surface area contributed by atoms with Gasteiger partial charge < -0.3 is 0 Å². The van der Waals surface area contributed by atoms with Crippen molar-refractivity contribution in [1.82, 2.24) is 9.03 Å². The average Bonchev–Trinajstić information content (AvgIpc) is 2.88. The van der Waals surface area contributed by atoms with Crippen LogP contribution in [-0.4, -0.2) is 31.9 Å². The lowest BCUT2D eigenvalue weighted by molar-refractivity contribution is 0.414. The van der Waals surface area contributed by atoms with Crippen molar-refractivity contribution in [3.8, 4) is 0 Å². The second-order valence-corrected chi connectivity index (χ2v) is 5.91. The molecule has 82 valence electrons. The lowest BCUT2D eigenvalue weighted by Gasteiger charge is -2.19. The predicted octanol–water partition coefficient (Wildman–Crippen LogP) is 0.859. The van der Waals surface area contributed by atoms with E-state index in [-0.39, 0.29) is 6.04 Å². The molecule has 0 aromatic heterocycles. The van der Waals surface area contributed by atoms with E-state index in [1.165, 1.54) is 0 Å². The third-order valence-corrected chi connectivity index (χ3v) is 4.47. The zero-order chi connectivity index (χ0) is 10.0. The molecule has 2 aliphatic rings. The summed E-state index contributed by atoms with van der Waals surface area (Å²) in [6, 6.07) is 0.225. The molecule has 2 fully saturated rings. The summed E-state index contributed by atoms with van der Waals surface area (Å²) < 4.78 is 27.9. The van der Waals surface area contributed by atoms with Crippen molar-refractivity contribution < 1.29 is 8.42 Å². The van der Waals surface area contributed by atoms with Crippen molar-refractivity contribution in [2.45, 2.75) is 44.6 Å².